The number of H-pyrrole nitrogens is 1. The Morgan fingerprint density at radius 2 is 2.00 bits per heavy atom. The molecule has 4 fully saturated rings. The maximum absolute atomic E-state index is 12.7. The van der Waals surface area contributed by atoms with Crippen LogP contribution in [0.3, 0.4) is 0 Å². The largest absolute Gasteiger partial charge is 0.412 e. The molecule has 0 bridgehead atoms. The first kappa shape index (κ1) is 28.6. The van der Waals surface area contributed by atoms with Crippen LogP contribution in [-0.2, 0) is 22.3 Å². The Morgan fingerprint density at radius 3 is 2.84 bits per heavy atom. The SMILES string of the molecule is Cc1ccc2[nH]cc(CCNC(=O)Oc3ccc4c(c3)CC[C@@H]3[C@@H]4CC[C@]4(C)[C@@H]5[C@H](C[C@@H]34)O[C@]3(CC[C@@H](C)CO3)[C@H]5C)c2c1. The normalized spacial score (nSPS) is 37.3. The average Bonchev–Trinajstić information content (AvgIpc) is 3.63. The molecule has 1 aromatic heterocycles. The highest BCUT2D eigenvalue weighted by atomic mass is 16.7. The van der Waals surface area contributed by atoms with Crippen molar-refractivity contribution in [2.75, 3.05) is 13.2 Å². The second kappa shape index (κ2) is 10.6. The number of hydrogen-bond acceptors (Lipinski definition) is 4. The second-order valence-electron chi connectivity index (χ2n) is 15.2. The summed E-state index contributed by atoms with van der Waals surface area (Å²) in [6.45, 7) is 10.8. The number of fused-ring (bicyclic) bond motifs is 8. The third-order valence-corrected chi connectivity index (χ3v) is 12.8. The summed E-state index contributed by atoms with van der Waals surface area (Å²) in [5.74, 6) is 3.99. The molecule has 2 saturated heterocycles. The second-order valence-corrected chi connectivity index (χ2v) is 15.2. The van der Waals surface area contributed by atoms with E-state index in [-0.39, 0.29) is 11.9 Å². The fraction of sp³-hybridized carbons (Fsp3) is 0.605. The van der Waals surface area contributed by atoms with Gasteiger partial charge in [0.2, 0.25) is 0 Å². The van der Waals surface area contributed by atoms with E-state index in [2.05, 4.69) is 68.3 Å². The summed E-state index contributed by atoms with van der Waals surface area (Å²) in [5.41, 5.74) is 6.74. The number of hydrogen-bond donors (Lipinski definition) is 2. The maximum Gasteiger partial charge on any atom is 0.412 e. The van der Waals surface area contributed by atoms with Gasteiger partial charge in [-0.1, -0.05) is 38.5 Å². The minimum Gasteiger partial charge on any atom is -0.410 e. The van der Waals surface area contributed by atoms with Crippen LogP contribution in [0.2, 0.25) is 0 Å². The predicted molar refractivity (Wildman–Crippen MR) is 172 cm³/mol. The minimum atomic E-state index is -0.385. The number of aryl methyl sites for hydroxylation is 2. The van der Waals surface area contributed by atoms with Crippen LogP contribution >= 0.6 is 0 Å². The van der Waals surface area contributed by atoms with Crippen molar-refractivity contribution >= 4 is 17.0 Å². The zero-order chi connectivity index (χ0) is 30.2. The van der Waals surface area contributed by atoms with Crippen LogP contribution in [0, 0.1) is 41.9 Å². The summed E-state index contributed by atoms with van der Waals surface area (Å²) in [5, 5.41) is 4.17. The van der Waals surface area contributed by atoms with E-state index in [0.717, 1.165) is 31.4 Å². The summed E-state index contributed by atoms with van der Waals surface area (Å²) >= 11 is 0. The van der Waals surface area contributed by atoms with Gasteiger partial charge in [-0.15, -0.1) is 0 Å². The van der Waals surface area contributed by atoms with E-state index in [4.69, 9.17) is 14.2 Å². The van der Waals surface area contributed by atoms with Crippen molar-refractivity contribution in [1.82, 2.24) is 10.3 Å². The summed E-state index contributed by atoms with van der Waals surface area (Å²) in [7, 11) is 0. The van der Waals surface area contributed by atoms with Crippen LogP contribution in [0.15, 0.2) is 42.6 Å². The van der Waals surface area contributed by atoms with Gasteiger partial charge in [-0.3, -0.25) is 0 Å². The molecule has 44 heavy (non-hydrogen) atoms. The highest BCUT2D eigenvalue weighted by Crippen LogP contribution is 2.69. The molecule has 0 unspecified atom stereocenters. The lowest BCUT2D eigenvalue weighted by atomic mass is 9.53. The molecule has 6 heteroatoms. The van der Waals surface area contributed by atoms with Gasteiger partial charge < -0.3 is 24.5 Å². The Bertz CT molecular complexity index is 1570. The third-order valence-electron chi connectivity index (χ3n) is 12.8. The number of aromatic amines is 1. The van der Waals surface area contributed by atoms with Crippen LogP contribution in [0.1, 0.15) is 87.5 Å². The highest BCUT2D eigenvalue weighted by molar-refractivity contribution is 5.84. The Balaban J connectivity index is 0.908. The number of rotatable bonds is 4. The molecule has 3 heterocycles. The number of benzene rings is 2. The Hall–Kier alpha value is -2.83. The van der Waals surface area contributed by atoms with E-state index in [1.807, 2.05) is 12.3 Å². The molecule has 0 radical (unpaired) electrons. The van der Waals surface area contributed by atoms with Gasteiger partial charge in [0.05, 0.1) is 12.7 Å². The molecule has 3 aromatic rings. The van der Waals surface area contributed by atoms with E-state index >= 15 is 0 Å². The van der Waals surface area contributed by atoms with Gasteiger partial charge in [0.15, 0.2) is 5.79 Å². The molecule has 5 aliphatic rings. The molecule has 8 rings (SSSR count). The van der Waals surface area contributed by atoms with Crippen LogP contribution < -0.4 is 10.1 Å². The first-order chi connectivity index (χ1) is 21.2. The standard InChI is InChI=1S/C38H48N2O4/c1-22-5-10-33-31(17-22)26(20-40-33)13-16-39-36(41)43-27-7-9-28-25(18-27)6-8-30-29(28)12-14-37(4)32(30)19-34-35(37)24(3)38(44-34)15-11-23(2)21-42-38/h5,7,9-10,17-18,20,23-24,29-30,32,34-35,40H,6,8,11-16,19,21H2,1-4H3,(H,39,41)/t23-,24+,29-,30-,32+,34+,35+,37+,38-/m1/s1. The number of carbonyl (C=O) groups excluding carboxylic acids is 1. The number of nitrogens with one attached hydrogen (secondary N) is 2. The molecule has 2 N–H and O–H groups in total. The minimum absolute atomic E-state index is 0.325. The third kappa shape index (κ3) is 4.54. The first-order valence-electron chi connectivity index (χ1n) is 17.2. The average molecular weight is 597 g/mol. The molecule has 1 amide bonds. The monoisotopic (exact) mass is 596 g/mol. The van der Waals surface area contributed by atoms with E-state index < -0.39 is 0 Å². The van der Waals surface area contributed by atoms with Crippen molar-refractivity contribution in [2.45, 2.75) is 96.9 Å². The van der Waals surface area contributed by atoms with Crippen LogP contribution in [-0.4, -0.2) is 36.1 Å². The Kier molecular flexibility index (Phi) is 6.91. The number of amides is 1. The van der Waals surface area contributed by atoms with Gasteiger partial charge in [-0.2, -0.15) is 0 Å². The van der Waals surface area contributed by atoms with Gasteiger partial charge in [0.1, 0.15) is 5.75 Å². The zero-order valence-corrected chi connectivity index (χ0v) is 26.8. The quantitative estimate of drug-likeness (QED) is 0.320. The van der Waals surface area contributed by atoms with Crippen LogP contribution in [0.25, 0.3) is 10.9 Å². The number of ether oxygens (including phenoxy) is 3. The summed E-state index contributed by atoms with van der Waals surface area (Å²) in [6.07, 6.45) is 11.0. The lowest BCUT2D eigenvalue weighted by molar-refractivity contribution is -0.272. The summed E-state index contributed by atoms with van der Waals surface area (Å²) in [6, 6.07) is 12.8. The Morgan fingerprint density at radius 1 is 1.11 bits per heavy atom. The number of aromatic nitrogens is 1. The van der Waals surface area contributed by atoms with E-state index in [9.17, 15) is 4.79 Å². The lowest BCUT2D eigenvalue weighted by Gasteiger charge is -2.52. The van der Waals surface area contributed by atoms with Gasteiger partial charge in [0, 0.05) is 36.0 Å². The molecule has 9 atom stereocenters. The molecule has 234 valence electrons. The zero-order valence-electron chi connectivity index (χ0n) is 26.8. The maximum atomic E-state index is 12.7. The van der Waals surface area contributed by atoms with E-state index in [0.29, 0.717) is 59.3 Å². The molecule has 1 spiro atoms. The summed E-state index contributed by atoms with van der Waals surface area (Å²) < 4.78 is 19.2. The van der Waals surface area contributed by atoms with Gasteiger partial charge in [0.25, 0.3) is 0 Å². The molecule has 2 aliphatic heterocycles. The molecule has 3 aliphatic carbocycles. The molecular formula is C38H48N2O4. The number of carbonyl (C=O) groups is 1. The van der Waals surface area contributed by atoms with Crippen molar-refractivity contribution in [3.8, 4) is 5.75 Å². The fourth-order valence-corrected chi connectivity index (χ4v) is 10.6. The molecule has 2 aromatic carbocycles. The molecular weight excluding hydrogens is 548 g/mol. The van der Waals surface area contributed by atoms with Crippen molar-refractivity contribution < 1.29 is 19.0 Å². The van der Waals surface area contributed by atoms with Crippen LogP contribution in [0.4, 0.5) is 4.79 Å². The van der Waals surface area contributed by atoms with E-state index in [1.165, 1.54) is 59.7 Å². The highest BCUT2D eigenvalue weighted by Gasteiger charge is 2.67. The Labute approximate surface area is 261 Å². The van der Waals surface area contributed by atoms with Crippen molar-refractivity contribution in [3.05, 3.63) is 64.8 Å². The van der Waals surface area contributed by atoms with Crippen molar-refractivity contribution in [3.63, 3.8) is 0 Å². The lowest BCUT2D eigenvalue weighted by Crippen LogP contribution is -2.48. The van der Waals surface area contributed by atoms with Gasteiger partial charge in [-0.05, 0) is 128 Å². The first-order valence-corrected chi connectivity index (χ1v) is 17.2. The van der Waals surface area contributed by atoms with Crippen molar-refractivity contribution in [1.29, 1.82) is 0 Å². The van der Waals surface area contributed by atoms with Crippen LogP contribution in [0.5, 0.6) is 5.75 Å². The predicted octanol–water partition coefficient (Wildman–Crippen LogP) is 8.07. The topological polar surface area (TPSA) is 72.6 Å². The molecule has 2 saturated carbocycles. The van der Waals surface area contributed by atoms with Crippen molar-refractivity contribution in [2.24, 2.45) is 35.0 Å². The van der Waals surface area contributed by atoms with Gasteiger partial charge >= 0.3 is 6.09 Å². The van der Waals surface area contributed by atoms with Gasteiger partial charge in [-0.25, -0.2) is 4.79 Å². The van der Waals surface area contributed by atoms with E-state index in [1.54, 1.807) is 0 Å². The summed E-state index contributed by atoms with van der Waals surface area (Å²) in [4.78, 5) is 16.0. The fourth-order valence-electron chi connectivity index (χ4n) is 10.6. The smallest absolute Gasteiger partial charge is 0.410 e. The molecule has 6 nitrogen and oxygen atoms in total.